The largest absolute Gasteiger partial charge is 0.397 e. The molecule has 29 heavy (non-hydrogen) atoms. The molecular weight excluding hydrogens is 386 g/mol. The SMILES string of the molecule is Cc1ccc2c(N)c(-c3ccc4[nH]cnc4c3)c(=O)n(-c3ccc(Cl)cc3)c2n1. The van der Waals surface area contributed by atoms with E-state index in [1.165, 1.54) is 0 Å². The van der Waals surface area contributed by atoms with Gasteiger partial charge in [0.15, 0.2) is 0 Å². The highest BCUT2D eigenvalue weighted by Gasteiger charge is 2.19. The van der Waals surface area contributed by atoms with Crippen LogP contribution in [0.2, 0.25) is 5.02 Å². The second-order valence-electron chi connectivity index (χ2n) is 6.86. The molecule has 0 unspecified atom stereocenters. The Morgan fingerprint density at radius 3 is 2.66 bits per heavy atom. The molecule has 3 N–H and O–H groups in total. The first kappa shape index (κ1) is 17.5. The van der Waals surface area contributed by atoms with Gasteiger partial charge in [-0.1, -0.05) is 17.7 Å². The minimum Gasteiger partial charge on any atom is -0.397 e. The van der Waals surface area contributed by atoms with Crippen LogP contribution in [0, 0.1) is 6.92 Å². The standard InChI is InChI=1S/C22H16ClN5O/c1-12-2-8-16-20(24)19(13-3-9-17-18(10-13)26-11-25-17)22(29)28(21(16)27-12)15-6-4-14(23)5-7-15/h2-11H,24H2,1H3,(H,25,26). The molecule has 0 aliphatic carbocycles. The lowest BCUT2D eigenvalue weighted by molar-refractivity contribution is 1.01. The molecule has 0 aliphatic heterocycles. The van der Waals surface area contributed by atoms with Crippen LogP contribution >= 0.6 is 11.6 Å². The number of aromatic nitrogens is 4. The lowest BCUT2D eigenvalue weighted by atomic mass is 10.0. The Balaban J connectivity index is 1.91. The number of H-pyrrole nitrogens is 1. The molecule has 3 heterocycles. The van der Waals surface area contributed by atoms with Crippen LogP contribution in [0.1, 0.15) is 5.69 Å². The Hall–Kier alpha value is -3.64. The number of anilines is 1. The summed E-state index contributed by atoms with van der Waals surface area (Å²) in [5, 5.41) is 1.30. The average molecular weight is 402 g/mol. The third-order valence-corrected chi connectivity index (χ3v) is 5.25. The van der Waals surface area contributed by atoms with E-state index in [0.29, 0.717) is 38.6 Å². The fourth-order valence-corrected chi connectivity index (χ4v) is 3.70. The van der Waals surface area contributed by atoms with E-state index in [4.69, 9.17) is 17.3 Å². The van der Waals surface area contributed by atoms with E-state index in [1.807, 2.05) is 37.3 Å². The lowest BCUT2D eigenvalue weighted by Gasteiger charge is -2.16. The van der Waals surface area contributed by atoms with E-state index in [-0.39, 0.29) is 5.56 Å². The van der Waals surface area contributed by atoms with Gasteiger partial charge in [0.1, 0.15) is 5.65 Å². The van der Waals surface area contributed by atoms with Crippen LogP contribution in [0.4, 0.5) is 5.69 Å². The van der Waals surface area contributed by atoms with Crippen LogP contribution in [0.3, 0.4) is 0 Å². The van der Waals surface area contributed by atoms with E-state index < -0.39 is 0 Å². The summed E-state index contributed by atoms with van der Waals surface area (Å²) < 4.78 is 1.58. The average Bonchev–Trinajstić information content (AvgIpc) is 3.17. The number of nitrogens with zero attached hydrogens (tertiary/aromatic N) is 3. The number of benzene rings is 2. The van der Waals surface area contributed by atoms with Gasteiger partial charge in [0, 0.05) is 16.1 Å². The Kier molecular flexibility index (Phi) is 3.89. The van der Waals surface area contributed by atoms with Crippen LogP contribution in [-0.4, -0.2) is 19.5 Å². The summed E-state index contributed by atoms with van der Waals surface area (Å²) in [5.74, 6) is 0. The first-order valence-electron chi connectivity index (χ1n) is 9.04. The van der Waals surface area contributed by atoms with Crippen molar-refractivity contribution in [3.05, 3.63) is 82.0 Å². The van der Waals surface area contributed by atoms with Gasteiger partial charge in [0.2, 0.25) is 0 Å². The van der Waals surface area contributed by atoms with E-state index in [9.17, 15) is 4.79 Å². The van der Waals surface area contributed by atoms with Crippen molar-refractivity contribution in [1.29, 1.82) is 0 Å². The number of nitrogen functional groups attached to an aromatic ring is 1. The van der Waals surface area contributed by atoms with E-state index in [1.54, 1.807) is 35.2 Å². The summed E-state index contributed by atoms with van der Waals surface area (Å²) in [6, 6.07) is 16.5. The summed E-state index contributed by atoms with van der Waals surface area (Å²) >= 11 is 6.05. The van der Waals surface area contributed by atoms with Crippen molar-refractivity contribution in [2.24, 2.45) is 0 Å². The molecule has 3 aromatic heterocycles. The Morgan fingerprint density at radius 2 is 1.86 bits per heavy atom. The smallest absolute Gasteiger partial charge is 0.266 e. The number of nitrogens with two attached hydrogens (primary N) is 1. The summed E-state index contributed by atoms with van der Waals surface area (Å²) in [4.78, 5) is 25.6. The summed E-state index contributed by atoms with van der Waals surface area (Å²) in [5.41, 5.74) is 11.4. The Bertz CT molecular complexity index is 1450. The monoisotopic (exact) mass is 401 g/mol. The van der Waals surface area contributed by atoms with Crippen LogP contribution in [0.15, 0.2) is 65.7 Å². The van der Waals surface area contributed by atoms with Crippen molar-refractivity contribution in [2.45, 2.75) is 6.92 Å². The van der Waals surface area contributed by atoms with Crippen LogP contribution in [0.5, 0.6) is 0 Å². The molecule has 5 aromatic rings. The normalized spacial score (nSPS) is 11.4. The number of rotatable bonds is 2. The van der Waals surface area contributed by atoms with Gasteiger partial charge in [-0.15, -0.1) is 0 Å². The van der Waals surface area contributed by atoms with Crippen molar-refractivity contribution < 1.29 is 0 Å². The molecule has 0 amide bonds. The number of hydrogen-bond acceptors (Lipinski definition) is 4. The second kappa shape index (κ2) is 6.46. The maximum Gasteiger partial charge on any atom is 0.266 e. The molecule has 0 spiro atoms. The van der Waals surface area contributed by atoms with Crippen molar-refractivity contribution in [3.63, 3.8) is 0 Å². The minimum absolute atomic E-state index is 0.245. The van der Waals surface area contributed by atoms with Gasteiger partial charge in [-0.2, -0.15) is 0 Å². The highest BCUT2D eigenvalue weighted by Crippen LogP contribution is 2.31. The van der Waals surface area contributed by atoms with Gasteiger partial charge in [-0.3, -0.25) is 9.36 Å². The maximum absolute atomic E-state index is 13.7. The number of halogens is 1. The Labute approximate surface area is 170 Å². The quantitative estimate of drug-likeness (QED) is 0.456. The molecule has 0 saturated carbocycles. The van der Waals surface area contributed by atoms with Crippen molar-refractivity contribution in [2.75, 3.05) is 5.73 Å². The van der Waals surface area contributed by atoms with Crippen molar-refractivity contribution in [3.8, 4) is 16.8 Å². The van der Waals surface area contributed by atoms with Crippen LogP contribution in [0.25, 0.3) is 38.9 Å². The maximum atomic E-state index is 13.7. The van der Waals surface area contributed by atoms with E-state index in [2.05, 4.69) is 15.0 Å². The molecule has 0 saturated heterocycles. The number of hydrogen-bond donors (Lipinski definition) is 2. The third-order valence-electron chi connectivity index (χ3n) is 5.00. The third kappa shape index (κ3) is 2.77. The molecule has 0 atom stereocenters. The molecule has 7 heteroatoms. The number of fused-ring (bicyclic) bond motifs is 2. The lowest BCUT2D eigenvalue weighted by Crippen LogP contribution is -2.23. The van der Waals surface area contributed by atoms with E-state index >= 15 is 0 Å². The summed E-state index contributed by atoms with van der Waals surface area (Å²) in [7, 11) is 0. The molecule has 142 valence electrons. The van der Waals surface area contributed by atoms with Gasteiger partial charge in [0.25, 0.3) is 5.56 Å². The number of nitrogens with one attached hydrogen (secondary N) is 1. The first-order valence-corrected chi connectivity index (χ1v) is 9.42. The molecule has 0 radical (unpaired) electrons. The molecular formula is C22H16ClN5O. The fourth-order valence-electron chi connectivity index (χ4n) is 3.58. The van der Waals surface area contributed by atoms with Crippen LogP contribution < -0.4 is 11.3 Å². The number of aromatic amines is 1. The highest BCUT2D eigenvalue weighted by molar-refractivity contribution is 6.30. The molecule has 0 bridgehead atoms. The van der Waals surface area contributed by atoms with E-state index in [0.717, 1.165) is 16.7 Å². The minimum atomic E-state index is -0.245. The van der Waals surface area contributed by atoms with Crippen LogP contribution in [-0.2, 0) is 0 Å². The molecule has 6 nitrogen and oxygen atoms in total. The zero-order valence-electron chi connectivity index (χ0n) is 15.5. The molecule has 0 fully saturated rings. The van der Waals surface area contributed by atoms with Gasteiger partial charge in [-0.05, 0) is 61.0 Å². The highest BCUT2D eigenvalue weighted by atomic mass is 35.5. The van der Waals surface area contributed by atoms with Crippen molar-refractivity contribution >= 4 is 39.4 Å². The fraction of sp³-hybridized carbons (Fsp3) is 0.0455. The van der Waals surface area contributed by atoms with Crippen molar-refractivity contribution in [1.82, 2.24) is 19.5 Å². The zero-order chi connectivity index (χ0) is 20.1. The van der Waals surface area contributed by atoms with Gasteiger partial charge in [0.05, 0.1) is 34.3 Å². The second-order valence-corrected chi connectivity index (χ2v) is 7.30. The predicted molar refractivity (Wildman–Crippen MR) is 117 cm³/mol. The van der Waals surface area contributed by atoms with Gasteiger partial charge >= 0.3 is 0 Å². The number of aryl methyl sites for hydroxylation is 1. The first-order chi connectivity index (χ1) is 14.0. The van der Waals surface area contributed by atoms with Gasteiger partial charge < -0.3 is 10.7 Å². The molecule has 5 rings (SSSR count). The number of pyridine rings is 2. The Morgan fingerprint density at radius 1 is 1.07 bits per heavy atom. The predicted octanol–water partition coefficient (Wildman–Crippen LogP) is 4.47. The number of imidazole rings is 1. The summed E-state index contributed by atoms with van der Waals surface area (Å²) in [6.45, 7) is 1.88. The topological polar surface area (TPSA) is 89.6 Å². The molecule has 2 aromatic carbocycles. The van der Waals surface area contributed by atoms with Gasteiger partial charge in [-0.25, -0.2) is 9.97 Å². The summed E-state index contributed by atoms with van der Waals surface area (Å²) in [6.07, 6.45) is 1.62. The zero-order valence-corrected chi connectivity index (χ0v) is 16.2. The molecule has 0 aliphatic rings.